The lowest BCUT2D eigenvalue weighted by atomic mass is 9.96. The largest absolute Gasteiger partial charge is 0.492 e. The van der Waals surface area contributed by atoms with Crippen molar-refractivity contribution in [2.45, 2.75) is 25.3 Å². The maximum Gasteiger partial charge on any atom is 0.254 e. The van der Waals surface area contributed by atoms with Crippen LogP contribution in [0.25, 0.3) is 0 Å². The fourth-order valence-corrected chi connectivity index (χ4v) is 3.57. The minimum Gasteiger partial charge on any atom is -0.492 e. The highest BCUT2D eigenvalue weighted by atomic mass is 32.1. The molecule has 1 atom stereocenters. The number of benzene rings is 1. The van der Waals surface area contributed by atoms with Gasteiger partial charge in [0.1, 0.15) is 17.4 Å². The van der Waals surface area contributed by atoms with Crippen LogP contribution in [0.1, 0.15) is 28.8 Å². The van der Waals surface area contributed by atoms with E-state index in [4.69, 9.17) is 4.74 Å². The highest BCUT2D eigenvalue weighted by Crippen LogP contribution is 2.29. The first-order valence-corrected chi connectivity index (χ1v) is 8.98. The van der Waals surface area contributed by atoms with Crippen LogP contribution in [0.3, 0.4) is 0 Å². The summed E-state index contributed by atoms with van der Waals surface area (Å²) in [4.78, 5) is 24.8. The van der Waals surface area contributed by atoms with Gasteiger partial charge in [0.15, 0.2) is 0 Å². The SMILES string of the molecule is O=C(NC1CC1)c1ccsc1NC(=O)[C@@H]1COc2ccccc2C1. The summed E-state index contributed by atoms with van der Waals surface area (Å²) < 4.78 is 5.68. The van der Waals surface area contributed by atoms with Crippen LogP contribution in [0.5, 0.6) is 5.75 Å². The van der Waals surface area contributed by atoms with Crippen molar-refractivity contribution in [3.05, 3.63) is 46.8 Å². The van der Waals surface area contributed by atoms with Gasteiger partial charge in [0.25, 0.3) is 5.91 Å². The van der Waals surface area contributed by atoms with Crippen LogP contribution in [0, 0.1) is 5.92 Å². The second-order valence-corrected chi connectivity index (χ2v) is 7.14. The summed E-state index contributed by atoms with van der Waals surface area (Å²) in [6.07, 6.45) is 2.73. The second kappa shape index (κ2) is 6.28. The molecule has 24 heavy (non-hydrogen) atoms. The molecule has 1 saturated carbocycles. The number of hydrogen-bond acceptors (Lipinski definition) is 4. The normalized spacial score (nSPS) is 19.1. The third-order valence-electron chi connectivity index (χ3n) is 4.31. The molecule has 4 rings (SSSR count). The van der Waals surface area contributed by atoms with E-state index in [-0.39, 0.29) is 17.7 Å². The molecule has 2 aliphatic rings. The van der Waals surface area contributed by atoms with Crippen LogP contribution in [0.2, 0.25) is 0 Å². The maximum absolute atomic E-state index is 12.6. The van der Waals surface area contributed by atoms with Gasteiger partial charge in [0.2, 0.25) is 5.91 Å². The molecular formula is C18H18N2O3S. The van der Waals surface area contributed by atoms with Crippen molar-refractivity contribution in [1.82, 2.24) is 5.32 Å². The topological polar surface area (TPSA) is 67.4 Å². The molecule has 1 fully saturated rings. The van der Waals surface area contributed by atoms with Crippen molar-refractivity contribution in [2.24, 2.45) is 5.92 Å². The van der Waals surface area contributed by atoms with E-state index in [2.05, 4.69) is 10.6 Å². The number of rotatable bonds is 4. The number of fused-ring (bicyclic) bond motifs is 1. The van der Waals surface area contributed by atoms with Crippen LogP contribution in [0.15, 0.2) is 35.7 Å². The molecule has 1 aliphatic heterocycles. The summed E-state index contributed by atoms with van der Waals surface area (Å²) in [6, 6.07) is 9.82. The summed E-state index contributed by atoms with van der Waals surface area (Å²) in [5.41, 5.74) is 1.58. The van der Waals surface area contributed by atoms with E-state index in [1.807, 2.05) is 29.6 Å². The highest BCUT2D eigenvalue weighted by molar-refractivity contribution is 7.14. The molecule has 6 heteroatoms. The minimum absolute atomic E-state index is 0.104. The second-order valence-electron chi connectivity index (χ2n) is 6.22. The van der Waals surface area contributed by atoms with E-state index in [0.29, 0.717) is 29.6 Å². The van der Waals surface area contributed by atoms with Crippen LogP contribution >= 0.6 is 11.3 Å². The lowest BCUT2D eigenvalue weighted by molar-refractivity contribution is -0.121. The van der Waals surface area contributed by atoms with Gasteiger partial charge in [-0.1, -0.05) is 18.2 Å². The summed E-state index contributed by atoms with van der Waals surface area (Å²) in [7, 11) is 0. The summed E-state index contributed by atoms with van der Waals surface area (Å²) in [5, 5.41) is 8.29. The fraction of sp³-hybridized carbons (Fsp3) is 0.333. The number of ether oxygens (including phenoxy) is 1. The predicted molar refractivity (Wildman–Crippen MR) is 92.6 cm³/mol. The van der Waals surface area contributed by atoms with Crippen LogP contribution in [-0.2, 0) is 11.2 Å². The monoisotopic (exact) mass is 342 g/mol. The smallest absolute Gasteiger partial charge is 0.254 e. The van der Waals surface area contributed by atoms with Crippen molar-refractivity contribution < 1.29 is 14.3 Å². The van der Waals surface area contributed by atoms with Gasteiger partial charge in [-0.2, -0.15) is 0 Å². The van der Waals surface area contributed by atoms with Gasteiger partial charge in [0, 0.05) is 6.04 Å². The number of hydrogen-bond donors (Lipinski definition) is 2. The van der Waals surface area contributed by atoms with Gasteiger partial charge in [-0.25, -0.2) is 0 Å². The zero-order valence-electron chi connectivity index (χ0n) is 13.1. The first kappa shape index (κ1) is 15.2. The van der Waals surface area contributed by atoms with Crippen molar-refractivity contribution in [3.8, 4) is 5.75 Å². The van der Waals surface area contributed by atoms with E-state index in [1.54, 1.807) is 6.07 Å². The average Bonchev–Trinajstić information content (AvgIpc) is 3.29. The van der Waals surface area contributed by atoms with Crippen molar-refractivity contribution in [3.63, 3.8) is 0 Å². The molecular weight excluding hydrogens is 324 g/mol. The fourth-order valence-electron chi connectivity index (χ4n) is 2.79. The van der Waals surface area contributed by atoms with Gasteiger partial charge in [0.05, 0.1) is 11.5 Å². The quantitative estimate of drug-likeness (QED) is 0.898. The van der Waals surface area contributed by atoms with Crippen LogP contribution in [-0.4, -0.2) is 24.5 Å². The molecule has 2 amide bonds. The van der Waals surface area contributed by atoms with Gasteiger partial charge >= 0.3 is 0 Å². The third kappa shape index (κ3) is 3.14. The Bertz CT molecular complexity index is 782. The van der Waals surface area contributed by atoms with E-state index in [0.717, 1.165) is 24.2 Å². The molecule has 0 radical (unpaired) electrons. The number of anilines is 1. The predicted octanol–water partition coefficient (Wildman–Crippen LogP) is 2.83. The Hall–Kier alpha value is -2.34. The summed E-state index contributed by atoms with van der Waals surface area (Å²) in [5.74, 6) is 0.384. The number of thiophene rings is 1. The minimum atomic E-state index is -0.249. The Morgan fingerprint density at radius 3 is 2.83 bits per heavy atom. The first-order chi connectivity index (χ1) is 11.7. The molecule has 1 aromatic heterocycles. The Balaban J connectivity index is 1.43. The molecule has 0 spiro atoms. The Kier molecular flexibility index (Phi) is 3.98. The van der Waals surface area contributed by atoms with E-state index in [1.165, 1.54) is 11.3 Å². The lowest BCUT2D eigenvalue weighted by Gasteiger charge is -2.24. The Labute approximate surface area is 144 Å². The molecule has 2 N–H and O–H groups in total. The summed E-state index contributed by atoms with van der Waals surface area (Å²) in [6.45, 7) is 0.359. The highest BCUT2D eigenvalue weighted by Gasteiger charge is 2.28. The molecule has 0 saturated heterocycles. The molecule has 0 bridgehead atoms. The molecule has 0 unspecified atom stereocenters. The van der Waals surface area contributed by atoms with Crippen LogP contribution in [0.4, 0.5) is 5.00 Å². The Morgan fingerprint density at radius 1 is 1.17 bits per heavy atom. The maximum atomic E-state index is 12.6. The number of carbonyl (C=O) groups excluding carboxylic acids is 2. The van der Waals surface area contributed by atoms with E-state index in [9.17, 15) is 9.59 Å². The van der Waals surface area contributed by atoms with Gasteiger partial charge in [-0.15, -0.1) is 11.3 Å². The number of amides is 2. The zero-order chi connectivity index (χ0) is 16.5. The van der Waals surface area contributed by atoms with Gasteiger partial charge in [-0.3, -0.25) is 9.59 Å². The van der Waals surface area contributed by atoms with Crippen molar-refractivity contribution in [1.29, 1.82) is 0 Å². The van der Waals surface area contributed by atoms with Crippen LogP contribution < -0.4 is 15.4 Å². The number of nitrogens with one attached hydrogen (secondary N) is 2. The van der Waals surface area contributed by atoms with E-state index < -0.39 is 0 Å². The molecule has 2 aromatic rings. The van der Waals surface area contributed by atoms with Gasteiger partial charge in [-0.05, 0) is 42.3 Å². The zero-order valence-corrected chi connectivity index (χ0v) is 13.9. The number of carbonyl (C=O) groups is 2. The average molecular weight is 342 g/mol. The Morgan fingerprint density at radius 2 is 2.00 bits per heavy atom. The molecule has 124 valence electrons. The lowest BCUT2D eigenvalue weighted by Crippen LogP contribution is -2.33. The molecule has 1 aromatic carbocycles. The molecule has 2 heterocycles. The number of para-hydroxylation sites is 1. The molecule has 1 aliphatic carbocycles. The van der Waals surface area contributed by atoms with Crippen molar-refractivity contribution >= 4 is 28.2 Å². The standard InChI is InChI=1S/C18H18N2O3S/c21-16(12-9-11-3-1-2-4-15(11)23-10-12)20-18-14(7-8-24-18)17(22)19-13-5-6-13/h1-4,7-8,12-13H,5-6,9-10H2,(H,19,22)(H,20,21)/t12-/m0/s1. The molecule has 5 nitrogen and oxygen atoms in total. The third-order valence-corrected chi connectivity index (χ3v) is 5.14. The van der Waals surface area contributed by atoms with E-state index >= 15 is 0 Å². The van der Waals surface area contributed by atoms with Gasteiger partial charge < -0.3 is 15.4 Å². The van der Waals surface area contributed by atoms with Crippen molar-refractivity contribution in [2.75, 3.05) is 11.9 Å². The first-order valence-electron chi connectivity index (χ1n) is 8.10. The summed E-state index contributed by atoms with van der Waals surface area (Å²) >= 11 is 1.37.